The molecule has 0 fully saturated rings. The number of benzene rings is 1. The highest BCUT2D eigenvalue weighted by molar-refractivity contribution is 5.37. The van der Waals surface area contributed by atoms with Crippen LogP contribution >= 0.6 is 0 Å². The van der Waals surface area contributed by atoms with Crippen molar-refractivity contribution in [1.29, 1.82) is 0 Å². The van der Waals surface area contributed by atoms with Gasteiger partial charge in [0.2, 0.25) is 0 Å². The van der Waals surface area contributed by atoms with Crippen LogP contribution in [0, 0.1) is 5.41 Å². The van der Waals surface area contributed by atoms with Crippen LogP contribution in [0.15, 0.2) is 36.5 Å². The quantitative estimate of drug-likeness (QED) is 0.922. The van der Waals surface area contributed by atoms with Crippen LogP contribution in [0.2, 0.25) is 0 Å². The molecule has 2 aromatic rings. The topological polar surface area (TPSA) is 29.9 Å². The Hall–Kier alpha value is -1.61. The number of hydrogen-bond acceptors (Lipinski definition) is 2. The molecule has 1 heterocycles. The summed E-state index contributed by atoms with van der Waals surface area (Å²) in [5.74, 6) is 0. The van der Waals surface area contributed by atoms with E-state index < -0.39 is 0 Å². The molecule has 3 heteroatoms. The van der Waals surface area contributed by atoms with E-state index in [1.807, 2.05) is 0 Å². The summed E-state index contributed by atoms with van der Waals surface area (Å²) in [6.45, 7) is 8.00. The molecule has 0 aliphatic heterocycles. The van der Waals surface area contributed by atoms with Gasteiger partial charge in [0.15, 0.2) is 0 Å². The summed E-state index contributed by atoms with van der Waals surface area (Å²) in [7, 11) is 0. The van der Waals surface area contributed by atoms with E-state index >= 15 is 0 Å². The van der Waals surface area contributed by atoms with Gasteiger partial charge >= 0.3 is 0 Å². The monoisotopic (exact) mass is 283 g/mol. The van der Waals surface area contributed by atoms with Gasteiger partial charge in [0.05, 0.1) is 11.9 Å². The predicted molar refractivity (Wildman–Crippen MR) is 86.7 cm³/mol. The Balaban J connectivity index is 2.00. The van der Waals surface area contributed by atoms with Crippen LogP contribution in [-0.2, 0) is 6.42 Å². The van der Waals surface area contributed by atoms with E-state index in [2.05, 4.69) is 72.4 Å². The zero-order chi connectivity index (χ0) is 14.9. The zero-order valence-electron chi connectivity index (χ0n) is 13.3. The van der Waals surface area contributed by atoms with Gasteiger partial charge in [-0.3, -0.25) is 0 Å². The van der Waals surface area contributed by atoms with Gasteiger partial charge in [-0.15, -0.1) is 0 Å². The third-order valence-corrected chi connectivity index (χ3v) is 4.32. The minimum atomic E-state index is 0.310. The second-order valence-electron chi connectivity index (χ2n) is 6.85. The molecule has 1 aromatic carbocycles. The largest absolute Gasteiger partial charge is 0.310 e. The Kier molecular flexibility index (Phi) is 3.85. The molecule has 0 saturated carbocycles. The number of fused-ring (bicyclic) bond motifs is 1. The maximum Gasteiger partial charge on any atom is 0.0648 e. The van der Waals surface area contributed by atoms with Gasteiger partial charge in [-0.1, -0.05) is 39.0 Å². The Bertz CT molecular complexity index is 598. The first-order valence-electron chi connectivity index (χ1n) is 7.96. The average molecular weight is 283 g/mol. The maximum absolute atomic E-state index is 4.67. The highest BCUT2D eigenvalue weighted by Crippen LogP contribution is 2.41. The Labute approximate surface area is 127 Å². The van der Waals surface area contributed by atoms with Crippen LogP contribution in [0.4, 0.5) is 0 Å². The summed E-state index contributed by atoms with van der Waals surface area (Å²) < 4.78 is 2.12. The fourth-order valence-corrected chi connectivity index (χ4v) is 3.33. The molecule has 1 aliphatic carbocycles. The first-order valence-corrected chi connectivity index (χ1v) is 7.96. The first kappa shape index (κ1) is 14.3. The second kappa shape index (κ2) is 5.64. The van der Waals surface area contributed by atoms with E-state index in [4.69, 9.17) is 0 Å². The summed E-state index contributed by atoms with van der Waals surface area (Å²) in [6, 6.07) is 10.9. The van der Waals surface area contributed by atoms with E-state index in [1.165, 1.54) is 24.1 Å². The van der Waals surface area contributed by atoms with Crippen LogP contribution in [0.3, 0.4) is 0 Å². The zero-order valence-corrected chi connectivity index (χ0v) is 13.3. The summed E-state index contributed by atoms with van der Waals surface area (Å²) in [5, 5.41) is 8.36. The van der Waals surface area contributed by atoms with Crippen molar-refractivity contribution in [2.75, 3.05) is 6.54 Å². The van der Waals surface area contributed by atoms with Gasteiger partial charge in [-0.05, 0) is 43.4 Å². The number of nitrogens with one attached hydrogen (secondary N) is 1. The normalized spacial score (nSPS) is 20.2. The van der Waals surface area contributed by atoms with Gasteiger partial charge < -0.3 is 5.32 Å². The molecule has 0 saturated heterocycles. The molecule has 0 spiro atoms. The molecule has 21 heavy (non-hydrogen) atoms. The third kappa shape index (κ3) is 2.88. The first-order chi connectivity index (χ1) is 10.1. The van der Waals surface area contributed by atoms with Crippen LogP contribution in [0.5, 0.6) is 0 Å². The summed E-state index contributed by atoms with van der Waals surface area (Å²) >= 11 is 0. The van der Waals surface area contributed by atoms with Gasteiger partial charge in [0, 0.05) is 17.3 Å². The SMILES string of the molecule is CCCNC1CC(C)(C)Cc2c1cnn2-c1ccccc1. The molecule has 1 N–H and O–H groups in total. The van der Waals surface area contributed by atoms with Crippen molar-refractivity contribution in [2.45, 2.75) is 46.1 Å². The lowest BCUT2D eigenvalue weighted by Crippen LogP contribution is -2.34. The second-order valence-corrected chi connectivity index (χ2v) is 6.85. The van der Waals surface area contributed by atoms with Crippen LogP contribution < -0.4 is 5.32 Å². The highest BCUT2D eigenvalue weighted by atomic mass is 15.3. The minimum absolute atomic E-state index is 0.310. The Morgan fingerprint density at radius 1 is 1.29 bits per heavy atom. The van der Waals surface area contributed by atoms with Crippen molar-refractivity contribution in [3.8, 4) is 5.69 Å². The number of rotatable bonds is 4. The number of para-hydroxylation sites is 1. The van der Waals surface area contributed by atoms with E-state index in [9.17, 15) is 0 Å². The fourth-order valence-electron chi connectivity index (χ4n) is 3.33. The number of hydrogen-bond donors (Lipinski definition) is 1. The van der Waals surface area contributed by atoms with Gasteiger partial charge in [-0.25, -0.2) is 4.68 Å². The van der Waals surface area contributed by atoms with E-state index in [-0.39, 0.29) is 0 Å². The fraction of sp³-hybridized carbons (Fsp3) is 0.500. The smallest absolute Gasteiger partial charge is 0.0648 e. The number of nitrogens with zero attached hydrogens (tertiary/aromatic N) is 2. The molecule has 0 bridgehead atoms. The molecule has 0 amide bonds. The van der Waals surface area contributed by atoms with Gasteiger partial charge in [0.1, 0.15) is 0 Å². The summed E-state index contributed by atoms with van der Waals surface area (Å²) in [6.07, 6.45) is 5.49. The van der Waals surface area contributed by atoms with Crippen molar-refractivity contribution in [3.63, 3.8) is 0 Å². The number of aromatic nitrogens is 2. The lowest BCUT2D eigenvalue weighted by Gasteiger charge is -2.36. The molecule has 1 aliphatic rings. The minimum Gasteiger partial charge on any atom is -0.310 e. The Morgan fingerprint density at radius 3 is 2.76 bits per heavy atom. The van der Waals surface area contributed by atoms with Crippen LogP contribution in [0.25, 0.3) is 5.69 Å². The van der Waals surface area contributed by atoms with E-state index in [1.54, 1.807) is 0 Å². The standard InChI is InChI=1S/C18H25N3/c1-4-10-19-16-11-18(2,3)12-17-15(16)13-20-21(17)14-8-6-5-7-9-14/h5-9,13,16,19H,4,10-12H2,1-3H3. The van der Waals surface area contributed by atoms with Crippen molar-refractivity contribution in [2.24, 2.45) is 5.41 Å². The van der Waals surface area contributed by atoms with Crippen molar-refractivity contribution in [1.82, 2.24) is 15.1 Å². The summed E-state index contributed by atoms with van der Waals surface area (Å²) in [4.78, 5) is 0. The molecular formula is C18H25N3. The predicted octanol–water partition coefficient (Wildman–Crippen LogP) is 3.89. The molecule has 112 valence electrons. The molecule has 1 atom stereocenters. The van der Waals surface area contributed by atoms with Gasteiger partial charge in [-0.2, -0.15) is 5.10 Å². The summed E-state index contributed by atoms with van der Waals surface area (Å²) in [5.41, 5.74) is 4.22. The molecule has 3 rings (SSSR count). The third-order valence-electron chi connectivity index (χ3n) is 4.32. The van der Waals surface area contributed by atoms with Crippen LogP contribution in [0.1, 0.15) is 50.9 Å². The van der Waals surface area contributed by atoms with E-state index in [0.29, 0.717) is 11.5 Å². The van der Waals surface area contributed by atoms with Crippen molar-refractivity contribution in [3.05, 3.63) is 47.8 Å². The van der Waals surface area contributed by atoms with Crippen molar-refractivity contribution >= 4 is 0 Å². The average Bonchev–Trinajstić information content (AvgIpc) is 2.88. The van der Waals surface area contributed by atoms with Gasteiger partial charge in [0.25, 0.3) is 0 Å². The van der Waals surface area contributed by atoms with E-state index in [0.717, 1.165) is 18.7 Å². The Morgan fingerprint density at radius 2 is 2.05 bits per heavy atom. The lowest BCUT2D eigenvalue weighted by molar-refractivity contribution is 0.254. The van der Waals surface area contributed by atoms with Crippen molar-refractivity contribution < 1.29 is 0 Å². The van der Waals surface area contributed by atoms with Crippen LogP contribution in [-0.4, -0.2) is 16.3 Å². The molecule has 3 nitrogen and oxygen atoms in total. The highest BCUT2D eigenvalue weighted by Gasteiger charge is 2.34. The maximum atomic E-state index is 4.67. The molecular weight excluding hydrogens is 258 g/mol. The molecule has 1 aromatic heterocycles. The molecule has 1 unspecified atom stereocenters. The lowest BCUT2D eigenvalue weighted by atomic mass is 9.74. The molecule has 0 radical (unpaired) electrons.